The van der Waals surface area contributed by atoms with Gasteiger partial charge in [-0.3, -0.25) is 4.79 Å². The highest BCUT2D eigenvalue weighted by atomic mass is 35.5. The van der Waals surface area contributed by atoms with Gasteiger partial charge < -0.3 is 11.1 Å². The molecule has 0 radical (unpaired) electrons. The van der Waals surface area contributed by atoms with E-state index in [0.29, 0.717) is 29.2 Å². The zero-order valence-corrected chi connectivity index (χ0v) is 17.3. The van der Waals surface area contributed by atoms with Crippen LogP contribution in [0.5, 0.6) is 0 Å². The molecule has 0 fully saturated rings. The predicted molar refractivity (Wildman–Crippen MR) is 116 cm³/mol. The first-order chi connectivity index (χ1) is 13.9. The van der Waals surface area contributed by atoms with Crippen LogP contribution in [0.2, 0.25) is 0 Å². The summed E-state index contributed by atoms with van der Waals surface area (Å²) in [4.78, 5) is 27.8. The number of carbonyl (C=O) groups excluding carboxylic acids is 1. The van der Waals surface area contributed by atoms with E-state index in [-0.39, 0.29) is 31.3 Å². The first-order valence-corrected chi connectivity index (χ1v) is 8.92. The third kappa shape index (κ3) is 5.00. The van der Waals surface area contributed by atoms with Gasteiger partial charge in [0.25, 0.3) is 0 Å². The number of nitrogens with zero attached hydrogens (tertiary/aromatic N) is 3. The highest BCUT2D eigenvalue weighted by Crippen LogP contribution is 2.24. The van der Waals surface area contributed by atoms with E-state index in [9.17, 15) is 14.0 Å². The summed E-state index contributed by atoms with van der Waals surface area (Å²) in [5.41, 5.74) is 8.57. The smallest absolute Gasteiger partial charge is 0.327 e. The Balaban J connectivity index is 0.00000320. The predicted octanol–water partition coefficient (Wildman–Crippen LogP) is 2.67. The largest absolute Gasteiger partial charge is 0.349 e. The minimum atomic E-state index is -0.460. The molecule has 158 valence electrons. The summed E-state index contributed by atoms with van der Waals surface area (Å²) >= 11 is 0. The van der Waals surface area contributed by atoms with Crippen LogP contribution in [0.25, 0.3) is 16.9 Å². The lowest BCUT2D eigenvalue weighted by Gasteiger charge is -2.11. The van der Waals surface area contributed by atoms with Crippen LogP contribution in [0.3, 0.4) is 0 Å². The van der Waals surface area contributed by atoms with Gasteiger partial charge in [-0.2, -0.15) is 5.10 Å². The number of benzene rings is 1. The van der Waals surface area contributed by atoms with E-state index in [4.69, 9.17) is 5.73 Å². The molecule has 0 aliphatic carbocycles. The molecule has 0 bridgehead atoms. The number of carbonyl (C=O) groups is 1. The topological polar surface area (TPSA) is 119 Å². The molecule has 10 heteroatoms. The fourth-order valence-electron chi connectivity index (χ4n) is 2.93. The van der Waals surface area contributed by atoms with Crippen molar-refractivity contribution in [3.05, 3.63) is 70.3 Å². The summed E-state index contributed by atoms with van der Waals surface area (Å²) in [6.45, 7) is 3.30. The zero-order chi connectivity index (χ0) is 21.0. The van der Waals surface area contributed by atoms with Gasteiger partial charge in [-0.05, 0) is 41.8 Å². The van der Waals surface area contributed by atoms with Gasteiger partial charge in [0.1, 0.15) is 11.6 Å². The molecule has 2 heterocycles. The Bertz CT molecular complexity index is 1120. The lowest BCUT2D eigenvalue weighted by atomic mass is 10.1. The molecule has 1 amide bonds. The molecule has 0 spiro atoms. The quantitative estimate of drug-likeness (QED) is 0.553. The van der Waals surface area contributed by atoms with Crippen molar-refractivity contribution in [1.29, 1.82) is 0 Å². The lowest BCUT2D eigenvalue weighted by molar-refractivity contribution is -0.114. The summed E-state index contributed by atoms with van der Waals surface area (Å²) in [7, 11) is 0. The van der Waals surface area contributed by atoms with Crippen molar-refractivity contribution >= 4 is 24.0 Å². The Morgan fingerprint density at radius 3 is 2.57 bits per heavy atom. The number of H-pyrrole nitrogens is 1. The second kappa shape index (κ2) is 9.95. The number of aromatic amines is 1. The van der Waals surface area contributed by atoms with E-state index in [2.05, 4.69) is 20.5 Å². The Morgan fingerprint density at radius 1 is 1.30 bits per heavy atom. The van der Waals surface area contributed by atoms with E-state index in [1.54, 1.807) is 18.3 Å². The summed E-state index contributed by atoms with van der Waals surface area (Å²) in [5.74, 6) is 0.598. The highest BCUT2D eigenvalue weighted by molar-refractivity contribution is 5.89. The van der Waals surface area contributed by atoms with E-state index in [0.717, 1.165) is 16.7 Å². The van der Waals surface area contributed by atoms with Crippen molar-refractivity contribution in [2.45, 2.75) is 20.3 Å². The van der Waals surface area contributed by atoms with Crippen molar-refractivity contribution in [3.63, 3.8) is 0 Å². The molecule has 3 rings (SSSR count). The molecule has 2 aromatic heterocycles. The number of halogens is 2. The number of nitrogens with two attached hydrogens (primary N) is 1. The number of amides is 1. The number of aryl methyl sites for hydroxylation is 1. The van der Waals surface area contributed by atoms with Gasteiger partial charge in [-0.25, -0.2) is 23.8 Å². The van der Waals surface area contributed by atoms with Crippen LogP contribution in [-0.4, -0.2) is 32.2 Å². The molecule has 8 nitrogen and oxygen atoms in total. The van der Waals surface area contributed by atoms with Crippen molar-refractivity contribution in [2.75, 3.05) is 11.9 Å². The van der Waals surface area contributed by atoms with Gasteiger partial charge in [0.2, 0.25) is 5.91 Å². The normalized spacial score (nSPS) is 11.1. The van der Waals surface area contributed by atoms with Crippen LogP contribution in [0.15, 0.2) is 53.2 Å². The fourth-order valence-corrected chi connectivity index (χ4v) is 2.93. The first kappa shape index (κ1) is 23.0. The van der Waals surface area contributed by atoms with Crippen LogP contribution in [0, 0.1) is 6.92 Å². The fraction of sp³-hybridized carbons (Fsp3) is 0.200. The second-order valence-corrected chi connectivity index (χ2v) is 6.55. The van der Waals surface area contributed by atoms with Crippen LogP contribution in [0.4, 0.5) is 10.1 Å². The van der Waals surface area contributed by atoms with Crippen LogP contribution in [0.1, 0.15) is 18.3 Å². The average molecular weight is 433 g/mol. The standard InChI is InChI=1S/C20H21FN6O2.ClH/c1-12-7-16(15-3-5-17(6-4-15)24-13(2)28)11-23-19(12)27-18(25-26-20(27)29)8-14(9-21)10-22;/h3-7,9,11H,8,10,22H2,1-2H3,(H,24,28)(H,26,29);1H/b14-9+;. The number of nitrogens with one attached hydrogen (secondary N) is 2. The summed E-state index contributed by atoms with van der Waals surface area (Å²) < 4.78 is 14.2. The maximum atomic E-state index is 12.9. The molecule has 0 saturated heterocycles. The Morgan fingerprint density at radius 2 is 2.00 bits per heavy atom. The Labute approximate surface area is 178 Å². The molecule has 4 N–H and O–H groups in total. The third-order valence-corrected chi connectivity index (χ3v) is 4.34. The molecular weight excluding hydrogens is 411 g/mol. The van der Waals surface area contributed by atoms with Crippen LogP contribution >= 0.6 is 12.4 Å². The average Bonchev–Trinajstić information content (AvgIpc) is 3.06. The van der Waals surface area contributed by atoms with Gasteiger partial charge in [-0.1, -0.05) is 12.1 Å². The number of hydrogen-bond donors (Lipinski definition) is 3. The Hall–Kier alpha value is -3.30. The van der Waals surface area contributed by atoms with Crippen LogP contribution < -0.4 is 16.7 Å². The van der Waals surface area contributed by atoms with Gasteiger partial charge in [0, 0.05) is 37.3 Å². The minimum Gasteiger partial charge on any atom is -0.327 e. The monoisotopic (exact) mass is 432 g/mol. The van der Waals surface area contributed by atoms with Crippen LogP contribution in [-0.2, 0) is 11.2 Å². The number of aromatic nitrogens is 4. The summed E-state index contributed by atoms with van der Waals surface area (Å²) in [5, 5.41) is 9.06. The molecule has 0 unspecified atom stereocenters. The Kier molecular flexibility index (Phi) is 7.62. The second-order valence-electron chi connectivity index (χ2n) is 6.55. The molecule has 30 heavy (non-hydrogen) atoms. The van der Waals surface area contributed by atoms with E-state index in [1.165, 1.54) is 11.5 Å². The first-order valence-electron chi connectivity index (χ1n) is 8.92. The zero-order valence-electron chi connectivity index (χ0n) is 16.5. The van der Waals surface area contributed by atoms with E-state index >= 15 is 0 Å². The molecule has 0 aliphatic rings. The SMILES string of the molecule is CC(=O)Nc1ccc(-c2cnc(-n3c(C/C(=C\F)CN)n[nH]c3=O)c(C)c2)cc1.Cl. The molecule has 3 aromatic rings. The number of anilines is 1. The lowest BCUT2D eigenvalue weighted by Crippen LogP contribution is -2.20. The molecule has 1 aromatic carbocycles. The van der Waals surface area contributed by atoms with Crippen molar-refractivity contribution < 1.29 is 9.18 Å². The van der Waals surface area contributed by atoms with E-state index in [1.807, 2.05) is 25.1 Å². The number of hydrogen-bond acceptors (Lipinski definition) is 5. The van der Waals surface area contributed by atoms with Gasteiger partial charge in [0.15, 0.2) is 0 Å². The van der Waals surface area contributed by atoms with E-state index < -0.39 is 5.69 Å². The minimum absolute atomic E-state index is 0. The van der Waals surface area contributed by atoms with Crippen molar-refractivity contribution in [2.24, 2.45) is 5.73 Å². The van der Waals surface area contributed by atoms with Gasteiger partial charge in [-0.15, -0.1) is 12.4 Å². The van der Waals surface area contributed by atoms with Crippen molar-refractivity contribution in [1.82, 2.24) is 19.7 Å². The maximum Gasteiger partial charge on any atom is 0.349 e. The maximum absolute atomic E-state index is 12.9. The van der Waals surface area contributed by atoms with Gasteiger partial charge in [0.05, 0.1) is 6.33 Å². The molecule has 0 aliphatic heterocycles. The summed E-state index contributed by atoms with van der Waals surface area (Å²) in [6, 6.07) is 9.24. The third-order valence-electron chi connectivity index (χ3n) is 4.34. The molecule has 0 saturated carbocycles. The summed E-state index contributed by atoms with van der Waals surface area (Å²) in [6.07, 6.45) is 2.17. The number of pyridine rings is 1. The molecule has 0 atom stereocenters. The van der Waals surface area contributed by atoms with Crippen molar-refractivity contribution in [3.8, 4) is 16.9 Å². The molecular formula is C20H22ClFN6O2. The highest BCUT2D eigenvalue weighted by Gasteiger charge is 2.15. The number of rotatable bonds is 6. The van der Waals surface area contributed by atoms with Gasteiger partial charge >= 0.3 is 5.69 Å².